The topological polar surface area (TPSA) is 100 Å². The third-order valence-electron chi connectivity index (χ3n) is 3.69. The lowest BCUT2D eigenvalue weighted by molar-refractivity contribution is -0.123. The lowest BCUT2D eigenvalue weighted by Crippen LogP contribution is -2.28. The van der Waals surface area contributed by atoms with Crippen LogP contribution in [0, 0.1) is 11.3 Å². The summed E-state index contributed by atoms with van der Waals surface area (Å²) >= 11 is 3.34. The SMILES string of the molecule is CCOc1cc(C#N)cc(Br)c1OCC(=O)NCc1cccc(C(=O)NC)c1. The van der Waals surface area contributed by atoms with Crippen LogP contribution in [0.2, 0.25) is 0 Å². The molecular formula is C20H20BrN3O4. The van der Waals surface area contributed by atoms with Gasteiger partial charge in [-0.2, -0.15) is 5.26 Å². The standard InChI is InChI=1S/C20H20BrN3O4/c1-3-27-17-9-14(10-22)8-16(21)19(17)28-12-18(25)24-11-13-5-4-6-15(7-13)20(26)23-2/h4-9H,3,11-12H2,1-2H3,(H,23,26)(H,24,25). The van der Waals surface area contributed by atoms with Crippen LogP contribution in [0.15, 0.2) is 40.9 Å². The van der Waals surface area contributed by atoms with E-state index in [0.29, 0.717) is 33.7 Å². The second kappa shape index (κ2) is 10.3. The summed E-state index contributed by atoms with van der Waals surface area (Å²) in [6.45, 7) is 2.25. The summed E-state index contributed by atoms with van der Waals surface area (Å²) in [5.41, 5.74) is 1.74. The summed E-state index contributed by atoms with van der Waals surface area (Å²) in [6, 6.07) is 12.2. The molecule has 2 aromatic rings. The molecule has 0 aliphatic rings. The molecule has 8 heteroatoms. The lowest BCUT2D eigenvalue weighted by atomic mass is 10.1. The first-order valence-electron chi connectivity index (χ1n) is 8.55. The summed E-state index contributed by atoms with van der Waals surface area (Å²) < 4.78 is 11.6. The van der Waals surface area contributed by atoms with Crippen LogP contribution in [0.4, 0.5) is 0 Å². The average Bonchev–Trinajstić information content (AvgIpc) is 2.71. The van der Waals surface area contributed by atoms with Crippen LogP contribution < -0.4 is 20.1 Å². The molecule has 2 N–H and O–H groups in total. The number of halogens is 1. The Morgan fingerprint density at radius 3 is 2.68 bits per heavy atom. The molecule has 0 unspecified atom stereocenters. The number of benzene rings is 2. The molecule has 28 heavy (non-hydrogen) atoms. The Hall–Kier alpha value is -3.05. The highest BCUT2D eigenvalue weighted by Crippen LogP contribution is 2.36. The first kappa shape index (κ1) is 21.3. The number of amides is 2. The number of carbonyl (C=O) groups is 2. The van der Waals surface area contributed by atoms with E-state index in [1.165, 1.54) is 0 Å². The first-order chi connectivity index (χ1) is 13.5. The van der Waals surface area contributed by atoms with E-state index in [1.54, 1.807) is 37.4 Å². The van der Waals surface area contributed by atoms with Gasteiger partial charge in [-0.3, -0.25) is 9.59 Å². The zero-order valence-corrected chi connectivity index (χ0v) is 17.1. The van der Waals surface area contributed by atoms with Crippen molar-refractivity contribution < 1.29 is 19.1 Å². The maximum absolute atomic E-state index is 12.1. The third-order valence-corrected chi connectivity index (χ3v) is 4.28. The maximum atomic E-state index is 12.1. The second-order valence-electron chi connectivity index (χ2n) is 5.68. The number of nitrogens with one attached hydrogen (secondary N) is 2. The summed E-state index contributed by atoms with van der Waals surface area (Å²) in [6.07, 6.45) is 0. The van der Waals surface area contributed by atoms with Gasteiger partial charge < -0.3 is 20.1 Å². The van der Waals surface area contributed by atoms with Crippen LogP contribution in [-0.2, 0) is 11.3 Å². The smallest absolute Gasteiger partial charge is 0.258 e. The number of hydrogen-bond donors (Lipinski definition) is 2. The van der Waals surface area contributed by atoms with Crippen molar-refractivity contribution in [3.8, 4) is 17.6 Å². The number of ether oxygens (including phenoxy) is 2. The van der Waals surface area contributed by atoms with Crippen molar-refractivity contribution in [1.82, 2.24) is 10.6 Å². The number of nitrogens with zero attached hydrogens (tertiary/aromatic N) is 1. The third kappa shape index (κ3) is 5.72. The van der Waals surface area contributed by atoms with Gasteiger partial charge in [0.1, 0.15) is 0 Å². The van der Waals surface area contributed by atoms with E-state index in [9.17, 15) is 9.59 Å². The van der Waals surface area contributed by atoms with Gasteiger partial charge in [0.05, 0.1) is 22.7 Å². The average molecular weight is 446 g/mol. The quantitative estimate of drug-likeness (QED) is 0.650. The van der Waals surface area contributed by atoms with Crippen LogP contribution in [0.25, 0.3) is 0 Å². The van der Waals surface area contributed by atoms with Crippen molar-refractivity contribution >= 4 is 27.7 Å². The Balaban J connectivity index is 1.98. The molecule has 0 fully saturated rings. The minimum atomic E-state index is -0.330. The fraction of sp³-hybridized carbons (Fsp3) is 0.250. The molecule has 0 radical (unpaired) electrons. The fourth-order valence-electron chi connectivity index (χ4n) is 2.39. The molecule has 0 saturated carbocycles. The van der Waals surface area contributed by atoms with E-state index < -0.39 is 0 Å². The van der Waals surface area contributed by atoms with Gasteiger partial charge in [-0.15, -0.1) is 0 Å². The van der Waals surface area contributed by atoms with Gasteiger partial charge in [0.2, 0.25) is 0 Å². The van der Waals surface area contributed by atoms with Gasteiger partial charge in [-0.05, 0) is 46.6 Å². The van der Waals surface area contributed by atoms with Crippen LogP contribution in [-0.4, -0.2) is 32.1 Å². The Bertz CT molecular complexity index is 909. The highest BCUT2D eigenvalue weighted by molar-refractivity contribution is 9.10. The van der Waals surface area contributed by atoms with Crippen molar-refractivity contribution in [1.29, 1.82) is 5.26 Å². The van der Waals surface area contributed by atoms with Gasteiger partial charge in [-0.1, -0.05) is 12.1 Å². The number of nitriles is 1. The second-order valence-corrected chi connectivity index (χ2v) is 6.53. The molecule has 0 aliphatic heterocycles. The molecule has 0 spiro atoms. The molecule has 0 aromatic heterocycles. The number of hydrogen-bond acceptors (Lipinski definition) is 5. The molecule has 7 nitrogen and oxygen atoms in total. The van der Waals surface area contributed by atoms with E-state index >= 15 is 0 Å². The largest absolute Gasteiger partial charge is 0.490 e. The highest BCUT2D eigenvalue weighted by atomic mass is 79.9. The van der Waals surface area contributed by atoms with Gasteiger partial charge in [0.15, 0.2) is 18.1 Å². The van der Waals surface area contributed by atoms with Crippen LogP contribution in [0.5, 0.6) is 11.5 Å². The van der Waals surface area contributed by atoms with E-state index in [2.05, 4.69) is 26.6 Å². The van der Waals surface area contributed by atoms with Crippen molar-refractivity contribution in [3.63, 3.8) is 0 Å². The molecule has 0 aliphatic carbocycles. The predicted molar refractivity (Wildman–Crippen MR) is 107 cm³/mol. The minimum Gasteiger partial charge on any atom is -0.490 e. The zero-order valence-electron chi connectivity index (χ0n) is 15.5. The molecule has 2 amide bonds. The van der Waals surface area contributed by atoms with Crippen molar-refractivity contribution in [2.45, 2.75) is 13.5 Å². The van der Waals surface area contributed by atoms with Gasteiger partial charge in [0, 0.05) is 25.2 Å². The van der Waals surface area contributed by atoms with Gasteiger partial charge in [0.25, 0.3) is 11.8 Å². The van der Waals surface area contributed by atoms with Crippen LogP contribution >= 0.6 is 15.9 Å². The normalized spacial score (nSPS) is 9.93. The van der Waals surface area contributed by atoms with Crippen molar-refractivity contribution in [2.75, 3.05) is 20.3 Å². The molecule has 0 atom stereocenters. The highest BCUT2D eigenvalue weighted by Gasteiger charge is 2.14. The minimum absolute atomic E-state index is 0.189. The fourth-order valence-corrected chi connectivity index (χ4v) is 2.95. The molecule has 0 heterocycles. The van der Waals surface area contributed by atoms with Crippen molar-refractivity contribution in [3.05, 3.63) is 57.6 Å². The van der Waals surface area contributed by atoms with Crippen molar-refractivity contribution in [2.24, 2.45) is 0 Å². The van der Waals surface area contributed by atoms with Gasteiger partial charge in [-0.25, -0.2) is 0 Å². The molecule has 146 valence electrons. The molecule has 0 bridgehead atoms. The summed E-state index contributed by atoms with van der Waals surface area (Å²) in [5.74, 6) is 0.229. The van der Waals surface area contributed by atoms with E-state index in [1.807, 2.05) is 19.1 Å². The Kier molecular flexibility index (Phi) is 7.84. The monoisotopic (exact) mass is 445 g/mol. The summed E-state index contributed by atoms with van der Waals surface area (Å²) in [4.78, 5) is 23.8. The maximum Gasteiger partial charge on any atom is 0.258 e. The molecule has 2 aromatic carbocycles. The van der Waals surface area contributed by atoms with E-state index in [-0.39, 0.29) is 25.0 Å². The lowest BCUT2D eigenvalue weighted by Gasteiger charge is -2.14. The molecule has 2 rings (SSSR count). The van der Waals surface area contributed by atoms with Crippen LogP contribution in [0.1, 0.15) is 28.4 Å². The van der Waals surface area contributed by atoms with Gasteiger partial charge >= 0.3 is 0 Å². The first-order valence-corrected chi connectivity index (χ1v) is 9.34. The summed E-state index contributed by atoms with van der Waals surface area (Å²) in [7, 11) is 1.56. The number of rotatable bonds is 8. The Labute approximate surface area is 171 Å². The van der Waals surface area contributed by atoms with E-state index in [4.69, 9.17) is 14.7 Å². The molecular weight excluding hydrogens is 426 g/mol. The van der Waals surface area contributed by atoms with Crippen LogP contribution in [0.3, 0.4) is 0 Å². The van der Waals surface area contributed by atoms with E-state index in [0.717, 1.165) is 5.56 Å². The zero-order chi connectivity index (χ0) is 20.5. The Morgan fingerprint density at radius 2 is 2.00 bits per heavy atom. The number of carbonyl (C=O) groups excluding carboxylic acids is 2. The predicted octanol–water partition coefficient (Wildman–Crippen LogP) is 2.77. The Morgan fingerprint density at radius 1 is 1.21 bits per heavy atom. The summed E-state index contributed by atoms with van der Waals surface area (Å²) in [5, 5.41) is 14.4. The molecule has 0 saturated heterocycles.